The van der Waals surface area contributed by atoms with E-state index >= 15 is 0 Å². The van der Waals surface area contributed by atoms with Crippen LogP contribution in [0.4, 0.5) is 0 Å². The van der Waals surface area contributed by atoms with E-state index in [9.17, 15) is 0 Å². The number of fused-ring (bicyclic) bond motifs is 2. The highest BCUT2D eigenvalue weighted by molar-refractivity contribution is 4.97. The lowest BCUT2D eigenvalue weighted by atomic mass is 9.95. The van der Waals surface area contributed by atoms with Crippen molar-refractivity contribution in [3.05, 3.63) is 0 Å². The van der Waals surface area contributed by atoms with Gasteiger partial charge in [0.25, 0.3) is 0 Å². The predicted molar refractivity (Wildman–Crippen MR) is 43.0 cm³/mol. The van der Waals surface area contributed by atoms with Gasteiger partial charge in [-0.3, -0.25) is 0 Å². The van der Waals surface area contributed by atoms with Crippen molar-refractivity contribution < 1.29 is 5.11 Å². The van der Waals surface area contributed by atoms with Crippen molar-refractivity contribution in [1.29, 1.82) is 0 Å². The van der Waals surface area contributed by atoms with Gasteiger partial charge in [-0.25, -0.2) is 0 Å². The van der Waals surface area contributed by atoms with Crippen LogP contribution in [0.2, 0.25) is 0 Å². The van der Waals surface area contributed by atoms with E-state index in [1.807, 2.05) is 0 Å². The van der Waals surface area contributed by atoms with Gasteiger partial charge in [0.1, 0.15) is 0 Å². The monoisotopic (exact) mass is 156 g/mol. The molecule has 2 aliphatic rings. The van der Waals surface area contributed by atoms with Crippen LogP contribution in [-0.4, -0.2) is 30.8 Å². The highest BCUT2D eigenvalue weighted by Gasteiger charge is 2.42. The Morgan fingerprint density at radius 1 is 1.36 bits per heavy atom. The van der Waals surface area contributed by atoms with Gasteiger partial charge in [-0.2, -0.15) is 0 Å². The third kappa shape index (κ3) is 1.08. The van der Waals surface area contributed by atoms with E-state index in [2.05, 4.69) is 5.32 Å². The fraction of sp³-hybridized carbons (Fsp3) is 1.00. The second-order valence-electron chi connectivity index (χ2n) is 3.84. The van der Waals surface area contributed by atoms with Gasteiger partial charge < -0.3 is 16.2 Å². The standard InChI is InChI=1S/C8H16N2O/c9-8-6-1-5(2-10-3-6)7(8)4-11/h5-8,10-11H,1-4,9H2/t5-,6+,7-,8+/m1/s1. The van der Waals surface area contributed by atoms with Gasteiger partial charge in [-0.05, 0) is 31.3 Å². The fourth-order valence-electron chi connectivity index (χ4n) is 2.56. The van der Waals surface area contributed by atoms with Gasteiger partial charge in [0.2, 0.25) is 0 Å². The fourth-order valence-corrected chi connectivity index (χ4v) is 2.56. The Morgan fingerprint density at radius 2 is 2.09 bits per heavy atom. The second-order valence-corrected chi connectivity index (χ2v) is 3.84. The molecule has 0 aromatic heterocycles. The van der Waals surface area contributed by atoms with Crippen LogP contribution in [0.15, 0.2) is 0 Å². The van der Waals surface area contributed by atoms with E-state index in [0.717, 1.165) is 13.1 Å². The van der Waals surface area contributed by atoms with Gasteiger partial charge in [0, 0.05) is 18.6 Å². The van der Waals surface area contributed by atoms with Gasteiger partial charge >= 0.3 is 0 Å². The van der Waals surface area contributed by atoms with Crippen molar-refractivity contribution in [3.63, 3.8) is 0 Å². The normalized spacial score (nSPS) is 49.6. The van der Waals surface area contributed by atoms with Crippen LogP contribution in [0.25, 0.3) is 0 Å². The van der Waals surface area contributed by atoms with Crippen LogP contribution >= 0.6 is 0 Å². The Bertz CT molecular complexity index is 149. The van der Waals surface area contributed by atoms with E-state index in [4.69, 9.17) is 10.8 Å². The maximum atomic E-state index is 9.08. The summed E-state index contributed by atoms with van der Waals surface area (Å²) in [4.78, 5) is 0. The van der Waals surface area contributed by atoms with Gasteiger partial charge in [0.05, 0.1) is 0 Å². The Morgan fingerprint density at radius 3 is 2.73 bits per heavy atom. The Labute approximate surface area is 67.0 Å². The highest BCUT2D eigenvalue weighted by atomic mass is 16.3. The molecule has 0 amide bonds. The number of nitrogens with two attached hydrogens (primary N) is 1. The molecule has 1 aliphatic heterocycles. The molecule has 1 saturated carbocycles. The van der Waals surface area contributed by atoms with Crippen molar-refractivity contribution in [2.75, 3.05) is 19.7 Å². The number of aliphatic hydroxyl groups is 1. The maximum Gasteiger partial charge on any atom is 0.0477 e. The van der Waals surface area contributed by atoms with Crippen LogP contribution < -0.4 is 11.1 Å². The van der Waals surface area contributed by atoms with Crippen LogP contribution in [0.5, 0.6) is 0 Å². The lowest BCUT2D eigenvalue weighted by Crippen LogP contribution is -2.36. The smallest absolute Gasteiger partial charge is 0.0477 e. The minimum absolute atomic E-state index is 0.236. The molecule has 4 atom stereocenters. The van der Waals surface area contributed by atoms with Crippen LogP contribution in [0, 0.1) is 17.8 Å². The summed E-state index contributed by atoms with van der Waals surface area (Å²) in [5.41, 5.74) is 5.97. The number of rotatable bonds is 1. The molecular formula is C8H16N2O. The summed E-state index contributed by atoms with van der Waals surface area (Å²) in [5.74, 6) is 1.61. The lowest BCUT2D eigenvalue weighted by molar-refractivity contribution is 0.184. The van der Waals surface area contributed by atoms with E-state index in [1.54, 1.807) is 0 Å². The first kappa shape index (κ1) is 7.53. The van der Waals surface area contributed by atoms with E-state index in [1.165, 1.54) is 6.42 Å². The lowest BCUT2D eigenvalue weighted by Gasteiger charge is -2.20. The van der Waals surface area contributed by atoms with Gasteiger partial charge in [-0.1, -0.05) is 0 Å². The average molecular weight is 156 g/mol. The van der Waals surface area contributed by atoms with Crippen molar-refractivity contribution in [3.8, 4) is 0 Å². The number of piperidine rings is 1. The molecule has 64 valence electrons. The molecule has 0 aromatic carbocycles. The maximum absolute atomic E-state index is 9.08. The SMILES string of the molecule is N[C@H]1[C@@H]2CNC[C@@H](C2)[C@H]1CO. The summed E-state index contributed by atoms with van der Waals surface area (Å²) in [7, 11) is 0. The second kappa shape index (κ2) is 2.73. The zero-order valence-corrected chi connectivity index (χ0v) is 6.66. The molecule has 0 aromatic rings. The molecule has 1 saturated heterocycles. The average Bonchev–Trinajstić information content (AvgIpc) is 2.25. The highest BCUT2D eigenvalue weighted by Crippen LogP contribution is 2.36. The van der Waals surface area contributed by atoms with Crippen molar-refractivity contribution in [2.45, 2.75) is 12.5 Å². The molecule has 4 N–H and O–H groups in total. The summed E-state index contributed by atoms with van der Waals surface area (Å²) in [6.45, 7) is 2.37. The number of aliphatic hydroxyl groups excluding tert-OH is 1. The zero-order chi connectivity index (χ0) is 7.84. The summed E-state index contributed by atoms with van der Waals surface area (Å²) in [6.07, 6.45) is 1.22. The summed E-state index contributed by atoms with van der Waals surface area (Å²) in [5, 5.41) is 12.4. The van der Waals surface area contributed by atoms with Crippen LogP contribution in [-0.2, 0) is 0 Å². The molecule has 2 bridgehead atoms. The Hall–Kier alpha value is -0.120. The predicted octanol–water partition coefficient (Wildman–Crippen LogP) is -0.838. The minimum atomic E-state index is 0.236. The summed E-state index contributed by atoms with van der Waals surface area (Å²) < 4.78 is 0. The van der Waals surface area contributed by atoms with Gasteiger partial charge in [0.15, 0.2) is 0 Å². The molecular weight excluding hydrogens is 140 g/mol. The topological polar surface area (TPSA) is 58.3 Å². The Balaban J connectivity index is 2.10. The Kier molecular flexibility index (Phi) is 1.87. The molecule has 0 unspecified atom stereocenters. The number of nitrogens with one attached hydrogen (secondary N) is 1. The molecule has 0 spiro atoms. The summed E-state index contributed by atoms with van der Waals surface area (Å²) >= 11 is 0. The molecule has 2 rings (SSSR count). The largest absolute Gasteiger partial charge is 0.396 e. The van der Waals surface area contributed by atoms with Crippen LogP contribution in [0.1, 0.15) is 6.42 Å². The van der Waals surface area contributed by atoms with E-state index in [0.29, 0.717) is 17.8 Å². The zero-order valence-electron chi connectivity index (χ0n) is 6.66. The van der Waals surface area contributed by atoms with E-state index < -0.39 is 0 Å². The van der Waals surface area contributed by atoms with Crippen LogP contribution in [0.3, 0.4) is 0 Å². The van der Waals surface area contributed by atoms with Crippen molar-refractivity contribution >= 4 is 0 Å². The molecule has 1 heterocycles. The third-order valence-corrected chi connectivity index (χ3v) is 3.27. The summed E-state index contributed by atoms with van der Waals surface area (Å²) in [6, 6.07) is 0.236. The molecule has 3 nitrogen and oxygen atoms in total. The van der Waals surface area contributed by atoms with Crippen molar-refractivity contribution in [2.24, 2.45) is 23.5 Å². The molecule has 2 fully saturated rings. The molecule has 1 aliphatic carbocycles. The minimum Gasteiger partial charge on any atom is -0.396 e. The van der Waals surface area contributed by atoms with Gasteiger partial charge in [-0.15, -0.1) is 0 Å². The molecule has 0 radical (unpaired) electrons. The first-order valence-corrected chi connectivity index (χ1v) is 4.40. The molecule has 3 heteroatoms. The first-order valence-electron chi connectivity index (χ1n) is 4.40. The number of hydrogen-bond acceptors (Lipinski definition) is 3. The quantitative estimate of drug-likeness (QED) is 0.464. The third-order valence-electron chi connectivity index (χ3n) is 3.27. The number of hydrogen-bond donors (Lipinski definition) is 3. The van der Waals surface area contributed by atoms with E-state index in [-0.39, 0.29) is 12.6 Å². The van der Waals surface area contributed by atoms with Crippen molar-refractivity contribution in [1.82, 2.24) is 5.32 Å². The molecule has 11 heavy (non-hydrogen) atoms. The first-order chi connectivity index (χ1) is 5.33.